The number of rotatable bonds is 6. The van der Waals surface area contributed by atoms with Crippen LogP contribution in [-0.4, -0.2) is 11.2 Å². The molecule has 7 atom stereocenters. The summed E-state index contributed by atoms with van der Waals surface area (Å²) in [5, 5.41) is 10.9. The standard InChI is InChI=1S/C30H50O/c1-8-28(5)26-15-12-22-24-14-13-23(21(4)11-9-10-20(2)3)29(24,6)18-16-25(22)30(26,7)19-17-27(28)31/h14,20-21,23,26-27,31H,8-13,15-19H2,1-7H3/t21-,23-,26?,27?,28?,29-,30-/m1/s1. The van der Waals surface area contributed by atoms with Crippen LogP contribution in [0.1, 0.15) is 119 Å². The van der Waals surface area contributed by atoms with Gasteiger partial charge in [-0.2, -0.15) is 0 Å². The molecule has 0 aromatic heterocycles. The fourth-order valence-electron chi connectivity index (χ4n) is 8.93. The highest BCUT2D eigenvalue weighted by Gasteiger charge is 2.58. The molecule has 0 amide bonds. The Bertz CT molecular complexity index is 744. The highest BCUT2D eigenvalue weighted by molar-refractivity contribution is 5.49. The van der Waals surface area contributed by atoms with Crippen LogP contribution in [0.4, 0.5) is 0 Å². The van der Waals surface area contributed by atoms with Gasteiger partial charge in [-0.25, -0.2) is 0 Å². The molecule has 0 saturated heterocycles. The van der Waals surface area contributed by atoms with Gasteiger partial charge < -0.3 is 5.11 Å². The van der Waals surface area contributed by atoms with E-state index in [9.17, 15) is 5.11 Å². The van der Waals surface area contributed by atoms with Gasteiger partial charge in [0.25, 0.3) is 0 Å². The molecule has 0 heterocycles. The highest BCUT2D eigenvalue weighted by Crippen LogP contribution is 2.67. The average molecular weight is 427 g/mol. The zero-order valence-corrected chi connectivity index (χ0v) is 21.7. The fraction of sp³-hybridized carbons (Fsp3) is 0.867. The summed E-state index contributed by atoms with van der Waals surface area (Å²) in [6.45, 7) is 17.2. The van der Waals surface area contributed by atoms with E-state index in [1.165, 1.54) is 57.8 Å². The first-order valence-electron chi connectivity index (χ1n) is 13.7. The molecule has 4 aliphatic rings. The van der Waals surface area contributed by atoms with Gasteiger partial charge in [0.15, 0.2) is 0 Å². The Hall–Kier alpha value is -0.560. The molecule has 1 N–H and O–H groups in total. The number of aliphatic hydroxyl groups is 1. The maximum atomic E-state index is 10.9. The van der Waals surface area contributed by atoms with Gasteiger partial charge in [0.1, 0.15) is 0 Å². The summed E-state index contributed by atoms with van der Waals surface area (Å²) in [4.78, 5) is 0. The van der Waals surface area contributed by atoms with E-state index < -0.39 is 0 Å². The molecule has 1 fully saturated rings. The molecule has 176 valence electrons. The van der Waals surface area contributed by atoms with E-state index in [0.717, 1.165) is 30.6 Å². The van der Waals surface area contributed by atoms with Crippen molar-refractivity contribution < 1.29 is 5.11 Å². The van der Waals surface area contributed by atoms with E-state index in [1.807, 2.05) is 5.57 Å². The van der Waals surface area contributed by atoms with E-state index in [0.29, 0.717) is 16.7 Å². The smallest absolute Gasteiger partial charge is 0.0597 e. The summed E-state index contributed by atoms with van der Waals surface area (Å²) in [7, 11) is 0. The second kappa shape index (κ2) is 8.34. The molecule has 0 bridgehead atoms. The summed E-state index contributed by atoms with van der Waals surface area (Å²) >= 11 is 0. The molecule has 3 unspecified atom stereocenters. The van der Waals surface area contributed by atoms with Crippen LogP contribution in [-0.2, 0) is 0 Å². The molecule has 0 radical (unpaired) electrons. The van der Waals surface area contributed by atoms with E-state index in [-0.39, 0.29) is 11.5 Å². The third-order valence-electron chi connectivity index (χ3n) is 11.1. The monoisotopic (exact) mass is 426 g/mol. The van der Waals surface area contributed by atoms with Crippen LogP contribution >= 0.6 is 0 Å². The molecule has 4 aliphatic carbocycles. The zero-order chi connectivity index (χ0) is 22.6. The molecule has 1 saturated carbocycles. The normalized spacial score (nSPS) is 43.4. The molecule has 4 rings (SSSR count). The lowest BCUT2D eigenvalue weighted by atomic mass is 9.45. The maximum Gasteiger partial charge on any atom is 0.0597 e. The maximum absolute atomic E-state index is 10.9. The summed E-state index contributed by atoms with van der Waals surface area (Å²) in [5.41, 5.74) is 6.15. The van der Waals surface area contributed by atoms with Crippen molar-refractivity contribution in [3.63, 3.8) is 0 Å². The molecule has 31 heavy (non-hydrogen) atoms. The number of hydrogen-bond donors (Lipinski definition) is 1. The van der Waals surface area contributed by atoms with Crippen LogP contribution < -0.4 is 0 Å². The third kappa shape index (κ3) is 3.60. The third-order valence-corrected chi connectivity index (χ3v) is 11.1. The first kappa shape index (κ1) is 23.6. The summed E-state index contributed by atoms with van der Waals surface area (Å²) in [5.74, 6) is 3.15. The van der Waals surface area contributed by atoms with E-state index >= 15 is 0 Å². The minimum atomic E-state index is -0.117. The van der Waals surface area contributed by atoms with Gasteiger partial charge in [-0.1, -0.05) is 79.4 Å². The van der Waals surface area contributed by atoms with Crippen molar-refractivity contribution in [2.75, 3.05) is 0 Å². The predicted molar refractivity (Wildman–Crippen MR) is 133 cm³/mol. The average Bonchev–Trinajstić information content (AvgIpc) is 3.08. The Morgan fingerprint density at radius 2 is 1.74 bits per heavy atom. The van der Waals surface area contributed by atoms with Gasteiger partial charge in [-0.3, -0.25) is 0 Å². The molecule has 0 aromatic carbocycles. The van der Waals surface area contributed by atoms with Gasteiger partial charge in [-0.15, -0.1) is 0 Å². The number of aliphatic hydroxyl groups excluding tert-OH is 1. The molecule has 1 heteroatoms. The molecule has 1 nitrogen and oxygen atoms in total. The number of allylic oxidation sites excluding steroid dienone is 4. The molecule has 0 spiro atoms. The number of hydrogen-bond acceptors (Lipinski definition) is 1. The van der Waals surface area contributed by atoms with Crippen LogP contribution in [0.25, 0.3) is 0 Å². The topological polar surface area (TPSA) is 20.2 Å². The van der Waals surface area contributed by atoms with E-state index in [1.54, 1.807) is 11.1 Å². The van der Waals surface area contributed by atoms with Crippen LogP contribution in [0.5, 0.6) is 0 Å². The van der Waals surface area contributed by atoms with Gasteiger partial charge in [0.05, 0.1) is 6.10 Å². The number of fused-ring (bicyclic) bond motifs is 4. The lowest BCUT2D eigenvalue weighted by Crippen LogP contribution is -2.54. The van der Waals surface area contributed by atoms with E-state index in [2.05, 4.69) is 54.5 Å². The lowest BCUT2D eigenvalue weighted by Gasteiger charge is -2.60. The molecule has 0 aromatic rings. The van der Waals surface area contributed by atoms with Crippen molar-refractivity contribution in [1.29, 1.82) is 0 Å². The van der Waals surface area contributed by atoms with E-state index in [4.69, 9.17) is 0 Å². The minimum absolute atomic E-state index is 0.0871. The van der Waals surface area contributed by atoms with Crippen molar-refractivity contribution in [3.05, 3.63) is 22.8 Å². The highest BCUT2D eigenvalue weighted by atomic mass is 16.3. The Balaban J connectivity index is 1.59. The van der Waals surface area contributed by atoms with Crippen molar-refractivity contribution in [3.8, 4) is 0 Å². The Kier molecular flexibility index (Phi) is 6.35. The van der Waals surface area contributed by atoms with Crippen LogP contribution in [0.15, 0.2) is 22.8 Å². The minimum Gasteiger partial charge on any atom is -0.393 e. The summed E-state index contributed by atoms with van der Waals surface area (Å²) < 4.78 is 0. The molecular weight excluding hydrogens is 376 g/mol. The zero-order valence-electron chi connectivity index (χ0n) is 21.7. The van der Waals surface area contributed by atoms with Crippen molar-refractivity contribution in [2.24, 2.45) is 39.9 Å². The first-order chi connectivity index (χ1) is 14.6. The Morgan fingerprint density at radius 3 is 2.42 bits per heavy atom. The largest absolute Gasteiger partial charge is 0.393 e. The quantitative estimate of drug-likeness (QED) is 0.451. The lowest BCUT2D eigenvalue weighted by molar-refractivity contribution is -0.103. The fourth-order valence-corrected chi connectivity index (χ4v) is 8.93. The summed E-state index contributed by atoms with van der Waals surface area (Å²) in [6.07, 6.45) is 16.5. The second-order valence-corrected chi connectivity index (χ2v) is 13.1. The van der Waals surface area contributed by atoms with Gasteiger partial charge in [-0.05, 0) is 102 Å². The SMILES string of the molecule is CCC1(C)C(O)CC[C@]2(C)C3=C(CCC12)C1=CC[C@H]([C@H](C)CCCC(C)C)[C@@]1(C)CC3. The predicted octanol–water partition coefficient (Wildman–Crippen LogP) is 8.48. The van der Waals surface area contributed by atoms with Crippen LogP contribution in [0.2, 0.25) is 0 Å². The summed E-state index contributed by atoms with van der Waals surface area (Å²) in [6, 6.07) is 0. The van der Waals surface area contributed by atoms with Crippen molar-refractivity contribution in [1.82, 2.24) is 0 Å². The van der Waals surface area contributed by atoms with Crippen LogP contribution in [0.3, 0.4) is 0 Å². The van der Waals surface area contributed by atoms with Crippen molar-refractivity contribution in [2.45, 2.75) is 125 Å². The first-order valence-corrected chi connectivity index (χ1v) is 13.7. The van der Waals surface area contributed by atoms with Crippen LogP contribution in [0, 0.1) is 39.9 Å². The molecular formula is C30H50O. The molecule has 0 aliphatic heterocycles. The second-order valence-electron chi connectivity index (χ2n) is 13.1. The Morgan fingerprint density at radius 1 is 1.00 bits per heavy atom. The van der Waals surface area contributed by atoms with Gasteiger partial charge in [0, 0.05) is 0 Å². The van der Waals surface area contributed by atoms with Gasteiger partial charge in [0.2, 0.25) is 0 Å². The van der Waals surface area contributed by atoms with Gasteiger partial charge >= 0.3 is 0 Å². The van der Waals surface area contributed by atoms with Crippen molar-refractivity contribution >= 4 is 0 Å². The Labute approximate surface area is 193 Å².